The number of halogens is 1. The van der Waals surface area contributed by atoms with Crippen LogP contribution in [0.1, 0.15) is 17.0 Å². The number of carbonyl (C=O) groups is 1. The molecule has 1 fully saturated rings. The second-order valence-corrected chi connectivity index (χ2v) is 5.33. The van der Waals surface area contributed by atoms with Crippen LogP contribution in [0.2, 0.25) is 5.02 Å². The zero-order valence-corrected chi connectivity index (χ0v) is 11.0. The van der Waals surface area contributed by atoms with Crippen molar-refractivity contribution in [3.63, 3.8) is 0 Å². The van der Waals surface area contributed by atoms with E-state index in [-0.39, 0.29) is 0 Å². The highest BCUT2D eigenvalue weighted by Gasteiger charge is 2.26. The summed E-state index contributed by atoms with van der Waals surface area (Å²) in [6.07, 6.45) is 0.305. The number of carboxylic acid groups (broad SMARTS) is 1. The third-order valence-electron chi connectivity index (χ3n) is 3.34. The minimum atomic E-state index is -0.990. The topological polar surface area (TPSA) is 66.6 Å². The normalized spacial score (nSPS) is 18.4. The smallest absolute Gasteiger partial charge is 0.320 e. The predicted octanol–water partition coefficient (Wildman–Crippen LogP) is 1.32. The molecule has 4 nitrogen and oxygen atoms in total. The van der Waals surface area contributed by atoms with E-state index in [9.17, 15) is 4.79 Å². The van der Waals surface area contributed by atoms with Crippen LogP contribution in [0.3, 0.4) is 0 Å². The molecular weight excluding hydrogens is 252 g/mol. The van der Waals surface area contributed by atoms with Gasteiger partial charge in [0.1, 0.15) is 6.04 Å². The van der Waals surface area contributed by atoms with Gasteiger partial charge >= 0.3 is 5.97 Å². The average molecular weight is 269 g/mol. The summed E-state index contributed by atoms with van der Waals surface area (Å²) in [5, 5.41) is 9.48. The number of benzene rings is 1. The van der Waals surface area contributed by atoms with E-state index in [0.29, 0.717) is 17.4 Å². The molecule has 1 heterocycles. The van der Waals surface area contributed by atoms with Crippen LogP contribution in [0.4, 0.5) is 0 Å². The van der Waals surface area contributed by atoms with Crippen molar-refractivity contribution in [2.75, 3.05) is 20.1 Å². The lowest BCUT2D eigenvalue weighted by atomic mass is 9.91. The molecule has 3 N–H and O–H groups in total. The molecular formula is C13H17ClN2O2. The van der Waals surface area contributed by atoms with Gasteiger partial charge in [0.2, 0.25) is 0 Å². The van der Waals surface area contributed by atoms with Gasteiger partial charge in [-0.05, 0) is 30.7 Å². The molecule has 1 aromatic rings. The van der Waals surface area contributed by atoms with E-state index in [2.05, 4.69) is 11.9 Å². The highest BCUT2D eigenvalue weighted by atomic mass is 35.5. The molecule has 1 atom stereocenters. The first kappa shape index (κ1) is 13.3. The number of hydrogen-bond acceptors (Lipinski definition) is 3. The second-order valence-electron chi connectivity index (χ2n) is 4.92. The molecule has 0 radical (unpaired) electrons. The first-order chi connectivity index (χ1) is 8.47. The summed E-state index contributed by atoms with van der Waals surface area (Å²) in [6, 6.07) is 4.87. The Labute approximate surface area is 111 Å². The van der Waals surface area contributed by atoms with E-state index in [1.807, 2.05) is 18.2 Å². The molecule has 1 unspecified atom stereocenters. The van der Waals surface area contributed by atoms with E-state index in [1.165, 1.54) is 0 Å². The maximum atomic E-state index is 10.7. The molecule has 1 aliphatic rings. The summed E-state index contributed by atoms with van der Waals surface area (Å²) in [6.45, 7) is 2.04. The van der Waals surface area contributed by atoms with Crippen LogP contribution in [0.25, 0.3) is 0 Å². The Balaban J connectivity index is 2.07. The lowest BCUT2D eigenvalue weighted by Crippen LogP contribution is -2.41. The molecule has 18 heavy (non-hydrogen) atoms. The standard InChI is InChI=1S/C13H17ClN2O2/c1-16-6-9(7-16)10-3-2-8(4-11(10)14)5-12(15)13(17)18/h2-4,9,12H,5-7,15H2,1H3,(H,17,18). The van der Waals surface area contributed by atoms with E-state index in [4.69, 9.17) is 22.4 Å². The monoisotopic (exact) mass is 268 g/mol. The number of carboxylic acids is 1. The van der Waals surface area contributed by atoms with Crippen molar-refractivity contribution < 1.29 is 9.90 Å². The van der Waals surface area contributed by atoms with Crippen molar-refractivity contribution in [2.24, 2.45) is 5.73 Å². The van der Waals surface area contributed by atoms with Crippen LogP contribution < -0.4 is 5.73 Å². The Morgan fingerprint density at radius 1 is 1.61 bits per heavy atom. The maximum Gasteiger partial charge on any atom is 0.320 e. The van der Waals surface area contributed by atoms with Crippen LogP contribution >= 0.6 is 11.6 Å². The second kappa shape index (κ2) is 5.26. The Kier molecular flexibility index (Phi) is 3.90. The van der Waals surface area contributed by atoms with Gasteiger partial charge in [-0.25, -0.2) is 0 Å². The van der Waals surface area contributed by atoms with E-state index in [1.54, 1.807) is 0 Å². The Hall–Kier alpha value is -1.10. The molecule has 0 spiro atoms. The Bertz CT molecular complexity index is 458. The molecule has 1 aliphatic heterocycles. The van der Waals surface area contributed by atoms with Crippen molar-refractivity contribution in [3.8, 4) is 0 Å². The molecule has 1 aromatic carbocycles. The summed E-state index contributed by atoms with van der Waals surface area (Å²) >= 11 is 6.24. The van der Waals surface area contributed by atoms with Crippen LogP contribution in [0, 0.1) is 0 Å². The van der Waals surface area contributed by atoms with Crippen molar-refractivity contribution in [2.45, 2.75) is 18.4 Å². The van der Waals surface area contributed by atoms with Gasteiger partial charge in [-0.3, -0.25) is 4.79 Å². The van der Waals surface area contributed by atoms with Gasteiger partial charge in [-0.2, -0.15) is 0 Å². The number of nitrogens with two attached hydrogens (primary N) is 1. The molecule has 0 aliphatic carbocycles. The van der Waals surface area contributed by atoms with Crippen molar-refractivity contribution in [1.29, 1.82) is 0 Å². The van der Waals surface area contributed by atoms with Gasteiger partial charge in [-0.1, -0.05) is 23.7 Å². The summed E-state index contributed by atoms with van der Waals surface area (Å²) in [4.78, 5) is 12.9. The third-order valence-corrected chi connectivity index (χ3v) is 3.67. The van der Waals surface area contributed by atoms with Gasteiger partial charge in [0.15, 0.2) is 0 Å². The number of aliphatic carboxylic acids is 1. The van der Waals surface area contributed by atoms with Crippen LogP contribution in [0.15, 0.2) is 18.2 Å². The number of likely N-dealkylation sites (tertiary alicyclic amines) is 1. The summed E-state index contributed by atoms with van der Waals surface area (Å²) in [5.74, 6) is -0.500. The van der Waals surface area contributed by atoms with Gasteiger partial charge in [0.25, 0.3) is 0 Å². The van der Waals surface area contributed by atoms with Crippen molar-refractivity contribution >= 4 is 17.6 Å². The zero-order chi connectivity index (χ0) is 13.3. The fraction of sp³-hybridized carbons (Fsp3) is 0.462. The van der Waals surface area contributed by atoms with E-state index < -0.39 is 12.0 Å². The lowest BCUT2D eigenvalue weighted by Gasteiger charge is -2.37. The van der Waals surface area contributed by atoms with Gasteiger partial charge < -0.3 is 15.7 Å². The minimum Gasteiger partial charge on any atom is -0.480 e. The minimum absolute atomic E-state index is 0.305. The molecule has 2 rings (SSSR count). The fourth-order valence-electron chi connectivity index (χ4n) is 2.27. The van der Waals surface area contributed by atoms with Gasteiger partial charge in [0, 0.05) is 24.0 Å². The summed E-state index contributed by atoms with van der Waals surface area (Å²) in [7, 11) is 2.07. The van der Waals surface area contributed by atoms with E-state index >= 15 is 0 Å². The molecule has 5 heteroatoms. The molecule has 0 saturated carbocycles. The van der Waals surface area contributed by atoms with Crippen molar-refractivity contribution in [1.82, 2.24) is 4.90 Å². The largest absolute Gasteiger partial charge is 0.480 e. The predicted molar refractivity (Wildman–Crippen MR) is 71.0 cm³/mol. The summed E-state index contributed by atoms with van der Waals surface area (Å²) in [5.41, 5.74) is 7.51. The van der Waals surface area contributed by atoms with Gasteiger partial charge in [-0.15, -0.1) is 0 Å². The van der Waals surface area contributed by atoms with Crippen LogP contribution in [-0.2, 0) is 11.2 Å². The first-order valence-corrected chi connectivity index (χ1v) is 6.30. The van der Waals surface area contributed by atoms with Crippen molar-refractivity contribution in [3.05, 3.63) is 34.3 Å². The third kappa shape index (κ3) is 2.83. The van der Waals surface area contributed by atoms with E-state index in [0.717, 1.165) is 24.2 Å². The first-order valence-electron chi connectivity index (χ1n) is 5.92. The number of likely N-dealkylation sites (N-methyl/N-ethyl adjacent to an activating group) is 1. The Morgan fingerprint density at radius 3 is 2.78 bits per heavy atom. The van der Waals surface area contributed by atoms with Crippen LogP contribution in [-0.4, -0.2) is 42.2 Å². The fourth-order valence-corrected chi connectivity index (χ4v) is 2.62. The van der Waals surface area contributed by atoms with Gasteiger partial charge in [0.05, 0.1) is 0 Å². The molecule has 98 valence electrons. The lowest BCUT2D eigenvalue weighted by molar-refractivity contribution is -0.138. The highest BCUT2D eigenvalue weighted by Crippen LogP contribution is 2.31. The Morgan fingerprint density at radius 2 is 2.28 bits per heavy atom. The zero-order valence-electron chi connectivity index (χ0n) is 10.3. The number of nitrogens with zero attached hydrogens (tertiary/aromatic N) is 1. The molecule has 0 amide bonds. The SMILES string of the molecule is CN1CC(c2ccc(CC(N)C(=O)O)cc2Cl)C1. The van der Waals surface area contributed by atoms with Crippen LogP contribution in [0.5, 0.6) is 0 Å². The average Bonchev–Trinajstić information content (AvgIpc) is 2.25. The molecule has 1 saturated heterocycles. The number of hydrogen-bond donors (Lipinski definition) is 2. The molecule has 0 aromatic heterocycles. The maximum absolute atomic E-state index is 10.7. The quantitative estimate of drug-likeness (QED) is 0.864. The highest BCUT2D eigenvalue weighted by molar-refractivity contribution is 6.31. The molecule has 0 bridgehead atoms. The number of rotatable bonds is 4. The summed E-state index contributed by atoms with van der Waals surface area (Å²) < 4.78 is 0.